The Balaban J connectivity index is 1.71. The van der Waals surface area contributed by atoms with Crippen molar-refractivity contribution in [3.8, 4) is 5.75 Å². The fourth-order valence-electron chi connectivity index (χ4n) is 2.71. The average Bonchev–Trinajstić information content (AvgIpc) is 2.95. The summed E-state index contributed by atoms with van der Waals surface area (Å²) in [5.41, 5.74) is 1.44. The van der Waals surface area contributed by atoms with Gasteiger partial charge in [0.15, 0.2) is 0 Å². The quantitative estimate of drug-likeness (QED) is 0.302. The van der Waals surface area contributed by atoms with Crippen molar-refractivity contribution < 1.29 is 19.2 Å². The van der Waals surface area contributed by atoms with Crippen LogP contribution in [0.2, 0.25) is 0 Å². The van der Waals surface area contributed by atoms with Crippen LogP contribution in [0.15, 0.2) is 51.8 Å². The number of carbonyl (C=O) groups is 2. The summed E-state index contributed by atoms with van der Waals surface area (Å²) in [4.78, 5) is 36.3. The number of non-ortho nitro benzene ring substituents is 1. The maximum atomic E-state index is 12.3. The lowest BCUT2D eigenvalue weighted by Gasteiger charge is -2.10. The molecule has 0 radical (unpaired) electrons. The summed E-state index contributed by atoms with van der Waals surface area (Å²) < 4.78 is 6.42. The van der Waals surface area contributed by atoms with Crippen LogP contribution in [0.3, 0.4) is 0 Å². The highest BCUT2D eigenvalue weighted by Crippen LogP contribution is 2.34. The highest BCUT2D eigenvalue weighted by Gasteiger charge is 2.34. The number of imide groups is 1. The van der Waals surface area contributed by atoms with Crippen LogP contribution in [-0.2, 0) is 11.4 Å². The molecule has 9 heteroatoms. The third kappa shape index (κ3) is 5.04. The van der Waals surface area contributed by atoms with Gasteiger partial charge in [-0.15, -0.1) is 0 Å². The molecule has 1 fully saturated rings. The van der Waals surface area contributed by atoms with E-state index in [0.29, 0.717) is 33.7 Å². The Morgan fingerprint density at radius 1 is 1.24 bits per heavy atom. The minimum atomic E-state index is -0.448. The van der Waals surface area contributed by atoms with Crippen molar-refractivity contribution in [2.24, 2.45) is 0 Å². The largest absolute Gasteiger partial charge is 0.488 e. The van der Waals surface area contributed by atoms with Gasteiger partial charge in [0, 0.05) is 18.7 Å². The van der Waals surface area contributed by atoms with Crippen LogP contribution in [0.4, 0.5) is 10.5 Å². The molecule has 1 saturated heterocycles. The number of amides is 2. The van der Waals surface area contributed by atoms with E-state index in [1.807, 2.05) is 6.92 Å². The molecule has 0 aliphatic carbocycles. The molecule has 1 heterocycles. The molecular formula is C20H17BrN2O5S. The van der Waals surface area contributed by atoms with Crippen LogP contribution in [0.5, 0.6) is 5.75 Å². The SMILES string of the molecule is CCCN1C(=O)S/C(=C\c2ccc(OCc3cccc([N+](=O)[O-])c3)c(Br)c2)C1=O. The van der Waals surface area contributed by atoms with Crippen LogP contribution >= 0.6 is 27.7 Å². The molecule has 1 aliphatic heterocycles. The lowest BCUT2D eigenvalue weighted by atomic mass is 10.2. The van der Waals surface area contributed by atoms with Gasteiger partial charge in [0.05, 0.1) is 14.3 Å². The molecule has 7 nitrogen and oxygen atoms in total. The lowest BCUT2D eigenvalue weighted by molar-refractivity contribution is -0.384. The van der Waals surface area contributed by atoms with Crippen molar-refractivity contribution in [3.63, 3.8) is 0 Å². The second-order valence-electron chi connectivity index (χ2n) is 6.24. The molecule has 0 saturated carbocycles. The van der Waals surface area contributed by atoms with Gasteiger partial charge in [-0.25, -0.2) is 0 Å². The van der Waals surface area contributed by atoms with E-state index in [1.54, 1.807) is 36.4 Å². The monoisotopic (exact) mass is 476 g/mol. The van der Waals surface area contributed by atoms with Crippen LogP contribution in [0, 0.1) is 10.1 Å². The number of carbonyl (C=O) groups excluding carboxylic acids is 2. The van der Waals surface area contributed by atoms with Gasteiger partial charge >= 0.3 is 0 Å². The minimum absolute atomic E-state index is 0.0116. The Kier molecular flexibility index (Phi) is 6.71. The van der Waals surface area contributed by atoms with E-state index in [9.17, 15) is 19.7 Å². The maximum absolute atomic E-state index is 12.3. The number of hydrogen-bond donors (Lipinski definition) is 0. The van der Waals surface area contributed by atoms with Crippen LogP contribution in [0.1, 0.15) is 24.5 Å². The number of nitrogens with zero attached hydrogens (tertiary/aromatic N) is 2. The molecule has 150 valence electrons. The fourth-order valence-corrected chi connectivity index (χ4v) is 4.09. The van der Waals surface area contributed by atoms with Crippen molar-refractivity contribution in [1.82, 2.24) is 4.90 Å². The number of rotatable bonds is 7. The first kappa shape index (κ1) is 21.1. The Morgan fingerprint density at radius 3 is 2.72 bits per heavy atom. The predicted molar refractivity (Wildman–Crippen MR) is 115 cm³/mol. The average molecular weight is 477 g/mol. The molecule has 2 aromatic rings. The Hall–Kier alpha value is -2.65. The zero-order valence-electron chi connectivity index (χ0n) is 15.5. The molecular weight excluding hydrogens is 460 g/mol. The van der Waals surface area contributed by atoms with Crippen LogP contribution in [-0.4, -0.2) is 27.5 Å². The number of nitro groups is 1. The number of halogens is 1. The second-order valence-corrected chi connectivity index (χ2v) is 8.09. The highest BCUT2D eigenvalue weighted by atomic mass is 79.9. The van der Waals surface area contributed by atoms with Crippen molar-refractivity contribution in [2.45, 2.75) is 20.0 Å². The second kappa shape index (κ2) is 9.23. The first-order valence-corrected chi connectivity index (χ1v) is 10.4. The van der Waals surface area contributed by atoms with E-state index < -0.39 is 4.92 Å². The number of nitro benzene ring substituents is 1. The minimum Gasteiger partial charge on any atom is -0.488 e. The molecule has 2 aromatic carbocycles. The van der Waals surface area contributed by atoms with E-state index in [-0.39, 0.29) is 23.4 Å². The van der Waals surface area contributed by atoms with Gasteiger partial charge in [0.1, 0.15) is 12.4 Å². The maximum Gasteiger partial charge on any atom is 0.293 e. The Labute approximate surface area is 180 Å². The molecule has 2 amide bonds. The Morgan fingerprint density at radius 2 is 2.03 bits per heavy atom. The summed E-state index contributed by atoms with van der Waals surface area (Å²) >= 11 is 4.37. The van der Waals surface area contributed by atoms with Crippen LogP contribution in [0.25, 0.3) is 6.08 Å². The molecule has 0 N–H and O–H groups in total. The molecule has 29 heavy (non-hydrogen) atoms. The van der Waals surface area contributed by atoms with Gasteiger partial charge in [-0.1, -0.05) is 25.1 Å². The van der Waals surface area contributed by atoms with Gasteiger partial charge in [-0.2, -0.15) is 0 Å². The smallest absolute Gasteiger partial charge is 0.293 e. The zero-order valence-corrected chi connectivity index (χ0v) is 17.9. The number of benzene rings is 2. The normalized spacial score (nSPS) is 15.2. The summed E-state index contributed by atoms with van der Waals surface area (Å²) in [5.74, 6) is 0.289. The fraction of sp³-hybridized carbons (Fsp3) is 0.200. The first-order chi connectivity index (χ1) is 13.9. The van der Waals surface area contributed by atoms with Crippen molar-refractivity contribution in [2.75, 3.05) is 6.54 Å². The van der Waals surface area contributed by atoms with Gasteiger partial charge in [-0.05, 0) is 63.4 Å². The summed E-state index contributed by atoms with van der Waals surface area (Å²) in [5, 5.41) is 10.6. The molecule has 0 spiro atoms. The first-order valence-electron chi connectivity index (χ1n) is 8.80. The number of ether oxygens (including phenoxy) is 1. The molecule has 0 unspecified atom stereocenters. The van der Waals surface area contributed by atoms with Gasteiger partial charge in [0.25, 0.3) is 16.8 Å². The summed E-state index contributed by atoms with van der Waals surface area (Å²) in [7, 11) is 0. The zero-order chi connectivity index (χ0) is 21.0. The topological polar surface area (TPSA) is 89.8 Å². The van der Waals surface area contributed by atoms with Gasteiger partial charge in [-0.3, -0.25) is 24.6 Å². The van der Waals surface area contributed by atoms with Gasteiger partial charge in [0.2, 0.25) is 0 Å². The van der Waals surface area contributed by atoms with Crippen LogP contribution < -0.4 is 4.74 Å². The Bertz CT molecular complexity index is 1010. The summed E-state index contributed by atoms with van der Waals surface area (Å²) in [6, 6.07) is 11.6. The van der Waals surface area contributed by atoms with Crippen molar-refractivity contribution in [3.05, 3.63) is 73.1 Å². The van der Waals surface area contributed by atoms with Crippen molar-refractivity contribution >= 4 is 50.6 Å². The molecule has 0 atom stereocenters. The van der Waals surface area contributed by atoms with Crippen molar-refractivity contribution in [1.29, 1.82) is 0 Å². The standard InChI is InChI=1S/C20H17BrN2O5S/c1-2-8-22-19(24)18(29-20(22)25)11-13-6-7-17(16(21)10-13)28-12-14-4-3-5-15(9-14)23(26)27/h3-7,9-11H,2,8,12H2,1H3/b18-11-. The highest BCUT2D eigenvalue weighted by molar-refractivity contribution is 9.10. The lowest BCUT2D eigenvalue weighted by Crippen LogP contribution is -2.28. The third-order valence-corrected chi connectivity index (χ3v) is 5.62. The predicted octanol–water partition coefficient (Wildman–Crippen LogP) is 5.38. The van der Waals surface area contributed by atoms with E-state index in [4.69, 9.17) is 4.74 Å². The molecule has 0 bridgehead atoms. The third-order valence-electron chi connectivity index (χ3n) is 4.09. The molecule has 1 aliphatic rings. The number of hydrogen-bond acceptors (Lipinski definition) is 6. The summed E-state index contributed by atoms with van der Waals surface area (Å²) in [6.07, 6.45) is 2.39. The molecule has 0 aromatic heterocycles. The van der Waals surface area contributed by atoms with E-state index in [1.165, 1.54) is 17.0 Å². The van der Waals surface area contributed by atoms with E-state index in [2.05, 4.69) is 15.9 Å². The summed E-state index contributed by atoms with van der Waals surface area (Å²) in [6.45, 7) is 2.50. The van der Waals surface area contributed by atoms with Gasteiger partial charge < -0.3 is 4.74 Å². The van der Waals surface area contributed by atoms with E-state index >= 15 is 0 Å². The number of thioether (sulfide) groups is 1. The van der Waals surface area contributed by atoms with E-state index in [0.717, 1.165) is 17.3 Å². The molecule has 3 rings (SSSR count).